The molecule has 0 aromatic carbocycles. The van der Waals surface area contributed by atoms with Crippen molar-refractivity contribution in [2.45, 2.75) is 13.0 Å². The molecule has 0 fully saturated rings. The Morgan fingerprint density at radius 2 is 2.36 bits per heavy atom. The van der Waals surface area contributed by atoms with Crippen molar-refractivity contribution in [3.63, 3.8) is 0 Å². The summed E-state index contributed by atoms with van der Waals surface area (Å²) in [5.74, 6) is -0.120. The van der Waals surface area contributed by atoms with E-state index in [1.54, 1.807) is 31.3 Å². The van der Waals surface area contributed by atoms with E-state index in [0.29, 0.717) is 5.69 Å². The second kappa shape index (κ2) is 3.25. The van der Waals surface area contributed by atoms with Crippen molar-refractivity contribution in [3.05, 3.63) is 30.1 Å². The molecule has 11 heavy (non-hydrogen) atoms. The van der Waals surface area contributed by atoms with Gasteiger partial charge in [-0.2, -0.15) is 0 Å². The van der Waals surface area contributed by atoms with Crippen LogP contribution in [0, 0.1) is 0 Å². The van der Waals surface area contributed by atoms with Crippen molar-refractivity contribution in [1.29, 1.82) is 0 Å². The molecule has 2 N–H and O–H groups in total. The molecule has 0 aliphatic carbocycles. The molecule has 1 rings (SSSR count). The minimum atomic E-state index is -0.468. The molecule has 1 heterocycles. The van der Waals surface area contributed by atoms with Gasteiger partial charge in [0.05, 0.1) is 6.04 Å². The van der Waals surface area contributed by atoms with Gasteiger partial charge in [0, 0.05) is 6.20 Å². The van der Waals surface area contributed by atoms with Crippen LogP contribution in [0.5, 0.6) is 0 Å². The van der Waals surface area contributed by atoms with Gasteiger partial charge < -0.3 is 5.73 Å². The van der Waals surface area contributed by atoms with E-state index in [2.05, 4.69) is 4.98 Å². The van der Waals surface area contributed by atoms with E-state index in [-0.39, 0.29) is 5.78 Å². The molecule has 0 aliphatic rings. The second-order valence-corrected chi connectivity index (χ2v) is 2.37. The van der Waals surface area contributed by atoms with Gasteiger partial charge in [-0.25, -0.2) is 0 Å². The minimum absolute atomic E-state index is 0.120. The number of rotatable bonds is 2. The van der Waals surface area contributed by atoms with Crippen molar-refractivity contribution in [2.75, 3.05) is 0 Å². The van der Waals surface area contributed by atoms with Crippen LogP contribution in [0.15, 0.2) is 24.4 Å². The van der Waals surface area contributed by atoms with Gasteiger partial charge in [0.25, 0.3) is 0 Å². The van der Waals surface area contributed by atoms with Crippen LogP contribution < -0.4 is 5.73 Å². The average molecular weight is 150 g/mol. The van der Waals surface area contributed by atoms with Crippen LogP contribution in [0.1, 0.15) is 17.4 Å². The molecule has 0 spiro atoms. The Morgan fingerprint density at radius 1 is 1.64 bits per heavy atom. The Balaban J connectivity index is 2.86. The lowest BCUT2D eigenvalue weighted by molar-refractivity contribution is 0.0963. The van der Waals surface area contributed by atoms with Crippen molar-refractivity contribution in [1.82, 2.24) is 4.98 Å². The zero-order chi connectivity index (χ0) is 8.27. The molecule has 0 radical (unpaired) electrons. The molecule has 1 aromatic heterocycles. The van der Waals surface area contributed by atoms with E-state index in [0.717, 1.165) is 0 Å². The summed E-state index contributed by atoms with van der Waals surface area (Å²) in [6.07, 6.45) is 1.58. The number of aromatic nitrogens is 1. The Hall–Kier alpha value is -1.22. The number of Topliss-reactive ketones (excluding diaryl/α,β-unsaturated/α-hetero) is 1. The number of carbonyl (C=O) groups excluding carboxylic acids is 1. The van der Waals surface area contributed by atoms with E-state index < -0.39 is 6.04 Å². The van der Waals surface area contributed by atoms with Crippen molar-refractivity contribution < 1.29 is 4.79 Å². The first-order valence-electron chi connectivity index (χ1n) is 3.42. The van der Waals surface area contributed by atoms with Gasteiger partial charge in [-0.3, -0.25) is 9.78 Å². The fraction of sp³-hybridized carbons (Fsp3) is 0.250. The number of ketones is 1. The van der Waals surface area contributed by atoms with E-state index in [9.17, 15) is 4.79 Å². The average Bonchev–Trinajstić information content (AvgIpc) is 2.05. The lowest BCUT2D eigenvalue weighted by Crippen LogP contribution is -2.27. The van der Waals surface area contributed by atoms with E-state index in [1.165, 1.54) is 0 Å². The van der Waals surface area contributed by atoms with Gasteiger partial charge in [-0.05, 0) is 19.1 Å². The second-order valence-electron chi connectivity index (χ2n) is 2.37. The molecular formula is C8H10N2O. The molecule has 58 valence electrons. The topological polar surface area (TPSA) is 56.0 Å². The Morgan fingerprint density at radius 3 is 2.82 bits per heavy atom. The van der Waals surface area contributed by atoms with Gasteiger partial charge in [0.15, 0.2) is 5.78 Å². The van der Waals surface area contributed by atoms with Gasteiger partial charge in [0.1, 0.15) is 5.69 Å². The molecule has 3 nitrogen and oxygen atoms in total. The summed E-state index contributed by atoms with van der Waals surface area (Å²) in [5, 5.41) is 0. The Labute approximate surface area is 65.2 Å². The molecule has 0 saturated carbocycles. The van der Waals surface area contributed by atoms with E-state index in [4.69, 9.17) is 5.73 Å². The lowest BCUT2D eigenvalue weighted by Gasteiger charge is -2.01. The van der Waals surface area contributed by atoms with Crippen LogP contribution in [-0.4, -0.2) is 16.8 Å². The quantitative estimate of drug-likeness (QED) is 0.628. The van der Waals surface area contributed by atoms with Gasteiger partial charge >= 0.3 is 0 Å². The predicted octanol–water partition coefficient (Wildman–Crippen LogP) is 0.612. The first-order chi connectivity index (χ1) is 5.22. The molecule has 0 saturated heterocycles. The Kier molecular flexibility index (Phi) is 2.33. The molecule has 0 unspecified atom stereocenters. The van der Waals surface area contributed by atoms with Crippen LogP contribution in [-0.2, 0) is 0 Å². The number of pyridine rings is 1. The molecule has 0 aliphatic heterocycles. The van der Waals surface area contributed by atoms with Gasteiger partial charge in [0.2, 0.25) is 0 Å². The molecular weight excluding hydrogens is 140 g/mol. The molecule has 1 atom stereocenters. The maximum absolute atomic E-state index is 11.2. The summed E-state index contributed by atoms with van der Waals surface area (Å²) in [5.41, 5.74) is 5.81. The first kappa shape index (κ1) is 7.88. The maximum atomic E-state index is 11.2. The number of nitrogens with zero attached hydrogens (tertiary/aromatic N) is 1. The molecule has 0 amide bonds. The highest BCUT2D eigenvalue weighted by atomic mass is 16.1. The summed E-state index contributed by atoms with van der Waals surface area (Å²) in [4.78, 5) is 15.0. The number of hydrogen-bond donors (Lipinski definition) is 1. The smallest absolute Gasteiger partial charge is 0.197 e. The van der Waals surface area contributed by atoms with Crippen molar-refractivity contribution in [3.8, 4) is 0 Å². The van der Waals surface area contributed by atoms with E-state index in [1.807, 2.05) is 0 Å². The van der Waals surface area contributed by atoms with E-state index >= 15 is 0 Å². The number of carbonyl (C=O) groups is 1. The third kappa shape index (κ3) is 1.85. The fourth-order valence-corrected chi connectivity index (χ4v) is 0.742. The molecule has 1 aromatic rings. The molecule has 0 bridgehead atoms. The van der Waals surface area contributed by atoms with Crippen LogP contribution in [0.3, 0.4) is 0 Å². The third-order valence-corrected chi connectivity index (χ3v) is 1.33. The summed E-state index contributed by atoms with van der Waals surface area (Å²) >= 11 is 0. The van der Waals surface area contributed by atoms with Gasteiger partial charge in [-0.15, -0.1) is 0 Å². The minimum Gasteiger partial charge on any atom is -0.321 e. The predicted molar refractivity (Wildman–Crippen MR) is 42.2 cm³/mol. The zero-order valence-corrected chi connectivity index (χ0v) is 6.32. The molecule has 3 heteroatoms. The third-order valence-electron chi connectivity index (χ3n) is 1.33. The highest BCUT2D eigenvalue weighted by Crippen LogP contribution is 1.96. The summed E-state index contributed by atoms with van der Waals surface area (Å²) in [7, 11) is 0. The SMILES string of the molecule is C[C@H](N)C(=O)c1ccccn1. The van der Waals surface area contributed by atoms with Crippen molar-refractivity contribution in [2.24, 2.45) is 5.73 Å². The fourth-order valence-electron chi connectivity index (χ4n) is 0.742. The maximum Gasteiger partial charge on any atom is 0.197 e. The number of nitrogens with two attached hydrogens (primary N) is 1. The highest BCUT2D eigenvalue weighted by Gasteiger charge is 2.10. The summed E-state index contributed by atoms with van der Waals surface area (Å²) in [6.45, 7) is 1.65. The summed E-state index contributed by atoms with van der Waals surface area (Å²) in [6, 6.07) is 4.72. The highest BCUT2D eigenvalue weighted by molar-refractivity contribution is 5.97. The lowest BCUT2D eigenvalue weighted by atomic mass is 10.1. The van der Waals surface area contributed by atoms with Crippen LogP contribution >= 0.6 is 0 Å². The monoisotopic (exact) mass is 150 g/mol. The van der Waals surface area contributed by atoms with Gasteiger partial charge in [-0.1, -0.05) is 6.07 Å². The normalized spacial score (nSPS) is 12.5. The standard InChI is InChI=1S/C8H10N2O/c1-6(9)8(11)7-4-2-3-5-10-7/h2-6H,9H2,1H3/t6-/m0/s1. The zero-order valence-electron chi connectivity index (χ0n) is 6.32. The Bertz CT molecular complexity index is 244. The van der Waals surface area contributed by atoms with Crippen LogP contribution in [0.4, 0.5) is 0 Å². The summed E-state index contributed by atoms with van der Waals surface area (Å²) < 4.78 is 0. The van der Waals surface area contributed by atoms with Crippen LogP contribution in [0.2, 0.25) is 0 Å². The number of hydrogen-bond acceptors (Lipinski definition) is 3. The van der Waals surface area contributed by atoms with Crippen molar-refractivity contribution >= 4 is 5.78 Å². The first-order valence-corrected chi connectivity index (χ1v) is 3.42. The van der Waals surface area contributed by atoms with Crippen LogP contribution in [0.25, 0.3) is 0 Å². The largest absolute Gasteiger partial charge is 0.321 e.